The Morgan fingerprint density at radius 2 is 1.30 bits per heavy atom. The Bertz CT molecular complexity index is 285. The smallest absolute Gasteiger partial charge is 0.184 e. The fraction of sp³-hybridized carbons (Fsp3) is 1.00. The minimum atomic E-state index is -0.746. The van der Waals surface area contributed by atoms with Gasteiger partial charge in [-0.1, -0.05) is 71.6 Å². The Balaban J connectivity index is 1.96. The van der Waals surface area contributed by atoms with Crippen LogP contribution in [0.5, 0.6) is 0 Å². The van der Waals surface area contributed by atoms with Crippen LogP contribution in [0.4, 0.5) is 0 Å². The number of ether oxygens (including phenoxy) is 2. The Morgan fingerprint density at radius 1 is 0.783 bits per heavy atom. The molecule has 1 heterocycles. The third kappa shape index (κ3) is 7.97. The molecule has 1 saturated heterocycles. The number of hydrogen-bond donors (Lipinski definition) is 2. The Kier molecular flexibility index (Phi) is 11.1. The summed E-state index contributed by atoms with van der Waals surface area (Å²) < 4.78 is 11.2. The zero-order chi connectivity index (χ0) is 17.1. The average Bonchev–Trinajstić information content (AvgIpc) is 2.55. The Hall–Kier alpha value is -0.160. The van der Waals surface area contributed by atoms with E-state index in [1.807, 2.05) is 13.8 Å². The maximum Gasteiger partial charge on any atom is 0.184 e. The van der Waals surface area contributed by atoms with E-state index in [9.17, 15) is 10.2 Å². The molecule has 4 nitrogen and oxygen atoms in total. The van der Waals surface area contributed by atoms with Gasteiger partial charge in [-0.05, 0) is 13.3 Å². The molecule has 0 radical (unpaired) electrons. The highest BCUT2D eigenvalue weighted by Gasteiger charge is 2.40. The lowest BCUT2D eigenvalue weighted by Gasteiger charge is -2.40. The van der Waals surface area contributed by atoms with Crippen molar-refractivity contribution in [2.45, 2.75) is 110 Å². The molecule has 1 fully saturated rings. The molecular weight excluding hydrogens is 292 g/mol. The second-order valence-electron chi connectivity index (χ2n) is 7.10. The first kappa shape index (κ1) is 20.9. The third-order valence-electron chi connectivity index (χ3n) is 4.97. The van der Waals surface area contributed by atoms with E-state index >= 15 is 0 Å². The number of rotatable bonds is 12. The molecule has 5 unspecified atom stereocenters. The number of unbranched alkanes of at least 4 members (excludes halogenated alkanes) is 9. The third-order valence-corrected chi connectivity index (χ3v) is 4.97. The highest BCUT2D eigenvalue weighted by atomic mass is 16.7. The van der Waals surface area contributed by atoms with E-state index in [-0.39, 0.29) is 12.0 Å². The zero-order valence-corrected chi connectivity index (χ0v) is 15.4. The highest BCUT2D eigenvalue weighted by molar-refractivity contribution is 4.84. The van der Waals surface area contributed by atoms with E-state index < -0.39 is 18.5 Å². The van der Waals surface area contributed by atoms with Crippen molar-refractivity contribution in [3.05, 3.63) is 0 Å². The van der Waals surface area contributed by atoms with E-state index in [1.54, 1.807) is 0 Å². The fourth-order valence-corrected chi connectivity index (χ4v) is 3.18. The van der Waals surface area contributed by atoms with Crippen molar-refractivity contribution in [2.24, 2.45) is 5.92 Å². The van der Waals surface area contributed by atoms with Crippen molar-refractivity contribution < 1.29 is 19.7 Å². The maximum atomic E-state index is 10.1. The molecule has 5 atom stereocenters. The molecule has 23 heavy (non-hydrogen) atoms. The lowest BCUT2D eigenvalue weighted by atomic mass is 9.91. The van der Waals surface area contributed by atoms with Crippen LogP contribution >= 0.6 is 0 Å². The SMILES string of the molecule is CCCCCCCCCCCCOC1OC(C)C(O)C(C)C1O. The Morgan fingerprint density at radius 3 is 1.87 bits per heavy atom. The van der Waals surface area contributed by atoms with Gasteiger partial charge in [0.2, 0.25) is 0 Å². The molecular formula is C19H38O4. The average molecular weight is 331 g/mol. The predicted octanol–water partition coefficient (Wildman–Crippen LogP) is 4.03. The van der Waals surface area contributed by atoms with Crippen molar-refractivity contribution >= 4 is 0 Å². The molecule has 1 aliphatic heterocycles. The van der Waals surface area contributed by atoms with Gasteiger partial charge >= 0.3 is 0 Å². The molecule has 0 spiro atoms. The first-order valence-corrected chi connectivity index (χ1v) is 9.71. The summed E-state index contributed by atoms with van der Waals surface area (Å²) in [6.07, 6.45) is 10.7. The molecule has 0 saturated carbocycles. The van der Waals surface area contributed by atoms with Gasteiger partial charge in [-0.15, -0.1) is 0 Å². The van der Waals surface area contributed by atoms with Crippen LogP contribution in [0, 0.1) is 5.92 Å². The van der Waals surface area contributed by atoms with Gasteiger partial charge in [-0.2, -0.15) is 0 Å². The van der Waals surface area contributed by atoms with Crippen LogP contribution in [0.3, 0.4) is 0 Å². The summed E-state index contributed by atoms with van der Waals surface area (Å²) in [7, 11) is 0. The summed E-state index contributed by atoms with van der Waals surface area (Å²) >= 11 is 0. The van der Waals surface area contributed by atoms with E-state index in [2.05, 4.69) is 6.92 Å². The van der Waals surface area contributed by atoms with Crippen LogP contribution in [0.1, 0.15) is 85.0 Å². The van der Waals surface area contributed by atoms with Crippen molar-refractivity contribution in [1.82, 2.24) is 0 Å². The quantitative estimate of drug-likeness (QED) is 0.531. The second-order valence-corrected chi connectivity index (χ2v) is 7.10. The highest BCUT2D eigenvalue weighted by Crippen LogP contribution is 2.26. The van der Waals surface area contributed by atoms with Crippen LogP contribution in [0.25, 0.3) is 0 Å². The number of aliphatic hydroxyl groups excluding tert-OH is 2. The summed E-state index contributed by atoms with van der Waals surface area (Å²) in [5, 5.41) is 19.9. The van der Waals surface area contributed by atoms with E-state index in [0.29, 0.717) is 6.61 Å². The molecule has 0 aromatic heterocycles. The molecule has 0 amide bonds. The second kappa shape index (κ2) is 12.2. The van der Waals surface area contributed by atoms with Gasteiger partial charge < -0.3 is 19.7 Å². The van der Waals surface area contributed by atoms with Crippen molar-refractivity contribution in [3.8, 4) is 0 Å². The van der Waals surface area contributed by atoms with Gasteiger partial charge in [0.1, 0.15) is 6.10 Å². The van der Waals surface area contributed by atoms with Crippen LogP contribution < -0.4 is 0 Å². The van der Waals surface area contributed by atoms with E-state index in [1.165, 1.54) is 57.8 Å². The largest absolute Gasteiger partial charge is 0.390 e. The zero-order valence-electron chi connectivity index (χ0n) is 15.4. The van der Waals surface area contributed by atoms with Crippen LogP contribution in [-0.2, 0) is 9.47 Å². The van der Waals surface area contributed by atoms with Crippen molar-refractivity contribution in [1.29, 1.82) is 0 Å². The fourth-order valence-electron chi connectivity index (χ4n) is 3.18. The first-order valence-electron chi connectivity index (χ1n) is 9.71. The van der Waals surface area contributed by atoms with Crippen LogP contribution in [-0.4, -0.2) is 41.4 Å². The monoisotopic (exact) mass is 330 g/mol. The molecule has 0 aliphatic carbocycles. The molecule has 0 aromatic rings. The summed E-state index contributed by atoms with van der Waals surface area (Å²) in [5.41, 5.74) is 0. The maximum absolute atomic E-state index is 10.1. The van der Waals surface area contributed by atoms with Crippen molar-refractivity contribution in [2.75, 3.05) is 6.61 Å². The van der Waals surface area contributed by atoms with E-state index in [0.717, 1.165) is 6.42 Å². The standard InChI is InChI=1S/C19H38O4/c1-4-5-6-7-8-9-10-11-12-13-14-22-19-18(21)15(2)17(20)16(3)23-19/h15-21H,4-14H2,1-3H3. The van der Waals surface area contributed by atoms with Gasteiger partial charge in [0.15, 0.2) is 6.29 Å². The van der Waals surface area contributed by atoms with Gasteiger partial charge in [-0.3, -0.25) is 0 Å². The van der Waals surface area contributed by atoms with Gasteiger partial charge in [0, 0.05) is 12.5 Å². The lowest BCUT2D eigenvalue weighted by Crippen LogP contribution is -2.53. The normalized spacial score (nSPS) is 31.4. The molecule has 4 heteroatoms. The summed E-state index contributed by atoms with van der Waals surface area (Å²) in [6.45, 7) is 6.53. The van der Waals surface area contributed by atoms with Gasteiger partial charge in [0.25, 0.3) is 0 Å². The van der Waals surface area contributed by atoms with Gasteiger partial charge in [-0.25, -0.2) is 0 Å². The topological polar surface area (TPSA) is 58.9 Å². The summed E-state index contributed by atoms with van der Waals surface area (Å²) in [6, 6.07) is 0. The number of hydrogen-bond acceptors (Lipinski definition) is 4. The molecule has 138 valence electrons. The summed E-state index contributed by atoms with van der Waals surface area (Å²) in [4.78, 5) is 0. The van der Waals surface area contributed by atoms with E-state index in [4.69, 9.17) is 9.47 Å². The van der Waals surface area contributed by atoms with Crippen LogP contribution in [0.2, 0.25) is 0 Å². The molecule has 0 bridgehead atoms. The molecule has 1 aliphatic rings. The Labute approximate surface area is 142 Å². The molecule has 0 aromatic carbocycles. The minimum Gasteiger partial charge on any atom is -0.390 e. The minimum absolute atomic E-state index is 0.212. The molecule has 1 rings (SSSR count). The lowest BCUT2D eigenvalue weighted by molar-refractivity contribution is -0.279. The summed E-state index contributed by atoms with van der Waals surface area (Å²) in [5.74, 6) is -0.212. The van der Waals surface area contributed by atoms with Gasteiger partial charge in [0.05, 0.1) is 12.2 Å². The van der Waals surface area contributed by atoms with Crippen molar-refractivity contribution in [3.63, 3.8) is 0 Å². The first-order chi connectivity index (χ1) is 11.1. The predicted molar refractivity (Wildman–Crippen MR) is 93.3 cm³/mol. The number of aliphatic hydroxyl groups is 2. The van der Waals surface area contributed by atoms with Crippen LogP contribution in [0.15, 0.2) is 0 Å². The molecule has 2 N–H and O–H groups in total.